The largest absolute Gasteiger partial charge is 0.478 e. The summed E-state index contributed by atoms with van der Waals surface area (Å²) < 4.78 is 6.16. The molecule has 2 aromatic carbocycles. The zero-order valence-electron chi connectivity index (χ0n) is 14.3. The van der Waals surface area contributed by atoms with Crippen LogP contribution in [0.2, 0.25) is 5.02 Å². The standard InChI is InChI=1S/C19H19ClN2O3S/c1-11-6-12(19(23)24)8-16-17(11)25-18-13(10-26-16)7-14(9-15(18)20)22-4-2-21-3-5-22/h6-9,21H,2-5,10H2,1H3,(H,23,24). The third-order valence-electron chi connectivity index (χ3n) is 4.66. The molecule has 0 amide bonds. The van der Waals surface area contributed by atoms with Crippen molar-refractivity contribution < 1.29 is 14.6 Å². The number of thioether (sulfide) groups is 1. The normalized spacial score (nSPS) is 16.3. The van der Waals surface area contributed by atoms with Crippen LogP contribution in [0.4, 0.5) is 5.69 Å². The van der Waals surface area contributed by atoms with E-state index >= 15 is 0 Å². The maximum atomic E-state index is 11.3. The number of hydrogen-bond donors (Lipinski definition) is 2. The molecule has 7 heteroatoms. The molecule has 2 heterocycles. The molecule has 0 atom stereocenters. The lowest BCUT2D eigenvalue weighted by Gasteiger charge is -2.30. The lowest BCUT2D eigenvalue weighted by atomic mass is 10.1. The molecule has 2 N–H and O–H groups in total. The molecule has 2 aromatic rings. The molecule has 1 fully saturated rings. The molecular weight excluding hydrogens is 372 g/mol. The number of benzene rings is 2. The Morgan fingerprint density at radius 2 is 2.00 bits per heavy atom. The van der Waals surface area contributed by atoms with Crippen LogP contribution >= 0.6 is 23.4 Å². The van der Waals surface area contributed by atoms with E-state index in [1.54, 1.807) is 23.9 Å². The molecule has 1 saturated heterocycles. The Morgan fingerprint density at radius 1 is 1.23 bits per heavy atom. The minimum atomic E-state index is -0.933. The third kappa shape index (κ3) is 3.24. The zero-order valence-corrected chi connectivity index (χ0v) is 15.9. The highest BCUT2D eigenvalue weighted by atomic mass is 35.5. The second-order valence-electron chi connectivity index (χ2n) is 6.47. The van der Waals surface area contributed by atoms with Crippen LogP contribution in [0.25, 0.3) is 0 Å². The van der Waals surface area contributed by atoms with Gasteiger partial charge >= 0.3 is 5.97 Å². The van der Waals surface area contributed by atoms with Gasteiger partial charge in [-0.25, -0.2) is 4.79 Å². The van der Waals surface area contributed by atoms with E-state index in [0.717, 1.165) is 47.9 Å². The fourth-order valence-corrected chi connectivity index (χ4v) is 4.66. The van der Waals surface area contributed by atoms with Crippen molar-refractivity contribution in [3.8, 4) is 11.5 Å². The van der Waals surface area contributed by atoms with Crippen molar-refractivity contribution in [1.82, 2.24) is 5.32 Å². The first kappa shape index (κ1) is 17.5. The summed E-state index contributed by atoms with van der Waals surface area (Å²) in [5, 5.41) is 13.2. The molecular formula is C19H19ClN2O3S. The Hall–Kier alpha value is -1.89. The number of nitrogens with one attached hydrogen (secondary N) is 1. The molecule has 0 bridgehead atoms. The highest BCUT2D eigenvalue weighted by Crippen LogP contribution is 2.47. The predicted octanol–water partition coefficient (Wildman–Crippen LogP) is 4.15. The number of carboxylic acids is 1. The Morgan fingerprint density at radius 3 is 2.73 bits per heavy atom. The average Bonchev–Trinajstić information content (AvgIpc) is 2.83. The van der Waals surface area contributed by atoms with Gasteiger partial charge in [0.05, 0.1) is 15.5 Å². The van der Waals surface area contributed by atoms with Gasteiger partial charge in [-0.3, -0.25) is 0 Å². The van der Waals surface area contributed by atoms with E-state index in [4.69, 9.17) is 16.3 Å². The second-order valence-corrected chi connectivity index (χ2v) is 7.89. The molecule has 2 aliphatic rings. The second kappa shape index (κ2) is 7.02. The maximum absolute atomic E-state index is 11.3. The number of piperazine rings is 1. The first-order valence-electron chi connectivity index (χ1n) is 8.49. The molecule has 2 aliphatic heterocycles. The van der Waals surface area contributed by atoms with Crippen molar-refractivity contribution in [1.29, 1.82) is 0 Å². The van der Waals surface area contributed by atoms with E-state index in [1.165, 1.54) is 0 Å². The topological polar surface area (TPSA) is 61.8 Å². The van der Waals surface area contributed by atoms with E-state index in [9.17, 15) is 9.90 Å². The van der Waals surface area contributed by atoms with Gasteiger partial charge in [0.1, 0.15) is 11.5 Å². The lowest BCUT2D eigenvalue weighted by molar-refractivity contribution is 0.0696. The molecule has 0 spiro atoms. The van der Waals surface area contributed by atoms with Gasteiger partial charge < -0.3 is 20.1 Å². The summed E-state index contributed by atoms with van der Waals surface area (Å²) >= 11 is 8.15. The van der Waals surface area contributed by atoms with Crippen LogP contribution in [-0.4, -0.2) is 37.3 Å². The number of carboxylic acid groups (broad SMARTS) is 1. The number of nitrogens with zero attached hydrogens (tertiary/aromatic N) is 1. The fraction of sp³-hybridized carbons (Fsp3) is 0.316. The first-order valence-corrected chi connectivity index (χ1v) is 9.86. The van der Waals surface area contributed by atoms with Gasteiger partial charge in [-0.1, -0.05) is 11.6 Å². The Balaban J connectivity index is 1.72. The van der Waals surface area contributed by atoms with E-state index in [0.29, 0.717) is 22.3 Å². The number of fused-ring (bicyclic) bond motifs is 2. The van der Waals surface area contributed by atoms with Crippen LogP contribution < -0.4 is 15.0 Å². The summed E-state index contributed by atoms with van der Waals surface area (Å²) in [6.45, 7) is 5.68. The number of ether oxygens (including phenoxy) is 1. The predicted molar refractivity (Wildman–Crippen MR) is 104 cm³/mol. The Bertz CT molecular complexity index is 882. The van der Waals surface area contributed by atoms with Crippen LogP contribution in [-0.2, 0) is 5.75 Å². The summed E-state index contributed by atoms with van der Waals surface area (Å²) in [6, 6.07) is 7.41. The number of carbonyl (C=O) groups is 1. The number of halogens is 1. The molecule has 4 rings (SSSR count). The van der Waals surface area contributed by atoms with Gasteiger partial charge in [-0.15, -0.1) is 11.8 Å². The third-order valence-corrected chi connectivity index (χ3v) is 6.01. The Kier molecular flexibility index (Phi) is 4.73. The molecule has 26 heavy (non-hydrogen) atoms. The van der Waals surface area contributed by atoms with Crippen molar-refractivity contribution in [3.05, 3.63) is 46.0 Å². The number of aryl methyl sites for hydroxylation is 1. The van der Waals surface area contributed by atoms with Crippen molar-refractivity contribution in [2.45, 2.75) is 17.6 Å². The molecule has 0 aromatic heterocycles. The zero-order chi connectivity index (χ0) is 18.3. The summed E-state index contributed by atoms with van der Waals surface area (Å²) in [5.74, 6) is 1.11. The van der Waals surface area contributed by atoms with E-state index in [2.05, 4.69) is 16.3 Å². The van der Waals surface area contributed by atoms with Gasteiger partial charge in [0, 0.05) is 43.2 Å². The molecule has 0 aliphatic carbocycles. The van der Waals surface area contributed by atoms with Crippen LogP contribution in [0.5, 0.6) is 11.5 Å². The molecule has 5 nitrogen and oxygen atoms in total. The summed E-state index contributed by atoms with van der Waals surface area (Å²) in [7, 11) is 0. The number of anilines is 1. The van der Waals surface area contributed by atoms with E-state index < -0.39 is 5.97 Å². The van der Waals surface area contributed by atoms with Crippen LogP contribution in [0.1, 0.15) is 21.5 Å². The maximum Gasteiger partial charge on any atom is 0.335 e. The lowest BCUT2D eigenvalue weighted by Crippen LogP contribution is -2.43. The number of hydrogen-bond acceptors (Lipinski definition) is 5. The minimum absolute atomic E-state index is 0.274. The molecule has 136 valence electrons. The minimum Gasteiger partial charge on any atom is -0.478 e. The molecule has 0 saturated carbocycles. The number of rotatable bonds is 2. The Labute approximate surface area is 161 Å². The van der Waals surface area contributed by atoms with Crippen molar-refractivity contribution >= 4 is 35.0 Å². The highest BCUT2D eigenvalue weighted by Gasteiger charge is 2.23. The van der Waals surface area contributed by atoms with Gasteiger partial charge in [-0.05, 0) is 36.8 Å². The molecule has 0 unspecified atom stereocenters. The van der Waals surface area contributed by atoms with Crippen LogP contribution in [0.15, 0.2) is 29.2 Å². The monoisotopic (exact) mass is 390 g/mol. The average molecular weight is 391 g/mol. The summed E-state index contributed by atoms with van der Waals surface area (Å²) in [4.78, 5) is 14.5. The molecule has 0 radical (unpaired) electrons. The van der Waals surface area contributed by atoms with Crippen molar-refractivity contribution in [2.75, 3.05) is 31.1 Å². The number of aromatic carboxylic acids is 1. The summed E-state index contributed by atoms with van der Waals surface area (Å²) in [6.07, 6.45) is 0. The van der Waals surface area contributed by atoms with E-state index in [1.807, 2.05) is 13.0 Å². The van der Waals surface area contributed by atoms with Crippen molar-refractivity contribution in [3.63, 3.8) is 0 Å². The smallest absolute Gasteiger partial charge is 0.335 e. The summed E-state index contributed by atoms with van der Waals surface area (Å²) in [5.41, 5.74) is 3.20. The first-order chi connectivity index (χ1) is 12.5. The highest BCUT2D eigenvalue weighted by molar-refractivity contribution is 7.98. The van der Waals surface area contributed by atoms with Gasteiger partial charge in [0.2, 0.25) is 0 Å². The fourth-order valence-electron chi connectivity index (χ4n) is 3.32. The SMILES string of the molecule is Cc1cc(C(=O)O)cc2c1Oc1c(Cl)cc(N3CCNCC3)cc1CS2. The van der Waals surface area contributed by atoms with Crippen LogP contribution in [0, 0.1) is 6.92 Å². The quantitative estimate of drug-likeness (QED) is 0.803. The van der Waals surface area contributed by atoms with Gasteiger partial charge in [0.15, 0.2) is 0 Å². The van der Waals surface area contributed by atoms with Gasteiger partial charge in [-0.2, -0.15) is 0 Å². The van der Waals surface area contributed by atoms with Crippen LogP contribution in [0.3, 0.4) is 0 Å². The van der Waals surface area contributed by atoms with Gasteiger partial charge in [0.25, 0.3) is 0 Å². The van der Waals surface area contributed by atoms with E-state index in [-0.39, 0.29) is 5.56 Å². The van der Waals surface area contributed by atoms with Crippen molar-refractivity contribution in [2.24, 2.45) is 0 Å².